The normalized spacial score (nSPS) is 9.95. The third kappa shape index (κ3) is 3.87. The van der Waals surface area contributed by atoms with Gasteiger partial charge in [0.2, 0.25) is 0 Å². The minimum Gasteiger partial charge on any atom is -0.485 e. The summed E-state index contributed by atoms with van der Waals surface area (Å²) in [5.74, 6) is 0.493. The summed E-state index contributed by atoms with van der Waals surface area (Å²) in [7, 11) is 0. The smallest absolute Gasteiger partial charge is 0.200 e. The number of ketones is 1. The van der Waals surface area contributed by atoms with E-state index in [1.807, 2.05) is 31.4 Å². The first kappa shape index (κ1) is 15.1. The van der Waals surface area contributed by atoms with Crippen LogP contribution in [-0.2, 0) is 0 Å². The molecule has 0 aliphatic rings. The first-order valence-electron chi connectivity index (χ1n) is 6.45. The second kappa shape index (κ2) is 6.96. The molecule has 0 aliphatic heterocycles. The zero-order chi connectivity index (χ0) is 15.2. The Kier molecular flexibility index (Phi) is 5.02. The van der Waals surface area contributed by atoms with Gasteiger partial charge in [-0.25, -0.2) is 0 Å². The van der Waals surface area contributed by atoms with Crippen LogP contribution in [0.2, 0.25) is 0 Å². The third-order valence-corrected chi connectivity index (χ3v) is 3.83. The topological polar surface area (TPSA) is 50.1 Å². The monoisotopic (exact) mass is 297 g/mol. The van der Waals surface area contributed by atoms with Crippen LogP contribution in [0.4, 0.5) is 0 Å². The van der Waals surface area contributed by atoms with Gasteiger partial charge in [0, 0.05) is 10.5 Å². The molecule has 0 aromatic heterocycles. The van der Waals surface area contributed by atoms with Gasteiger partial charge in [-0.3, -0.25) is 4.79 Å². The van der Waals surface area contributed by atoms with Gasteiger partial charge in [0.1, 0.15) is 5.75 Å². The number of nitriles is 1. The Labute approximate surface area is 128 Å². The molecule has 0 spiro atoms. The highest BCUT2D eigenvalue weighted by Gasteiger charge is 2.08. The first-order valence-corrected chi connectivity index (χ1v) is 7.67. The van der Waals surface area contributed by atoms with E-state index >= 15 is 0 Å². The lowest BCUT2D eigenvalue weighted by molar-refractivity contribution is 0.0921. The maximum absolute atomic E-state index is 12.1. The number of nitrogens with zero attached hydrogens (tertiary/aromatic N) is 1. The highest BCUT2D eigenvalue weighted by atomic mass is 32.2. The second-order valence-corrected chi connectivity index (χ2v) is 5.41. The number of ether oxygens (including phenoxy) is 1. The van der Waals surface area contributed by atoms with Gasteiger partial charge in [0.15, 0.2) is 12.4 Å². The van der Waals surface area contributed by atoms with Gasteiger partial charge in [0.05, 0.1) is 11.6 Å². The molecule has 0 saturated heterocycles. The van der Waals surface area contributed by atoms with E-state index in [2.05, 4.69) is 6.07 Å². The van der Waals surface area contributed by atoms with Crippen molar-refractivity contribution in [3.8, 4) is 11.8 Å². The average molecular weight is 297 g/mol. The number of carbonyl (C=O) groups is 1. The molecule has 2 aromatic rings. The predicted molar refractivity (Wildman–Crippen MR) is 83.9 cm³/mol. The van der Waals surface area contributed by atoms with Crippen molar-refractivity contribution in [1.29, 1.82) is 5.26 Å². The van der Waals surface area contributed by atoms with E-state index in [1.54, 1.807) is 36.0 Å². The number of hydrogen-bond acceptors (Lipinski definition) is 4. The summed E-state index contributed by atoms with van der Waals surface area (Å²) in [6.45, 7) is 1.85. The van der Waals surface area contributed by atoms with Crippen LogP contribution in [0, 0.1) is 18.3 Å². The number of carbonyl (C=O) groups excluding carboxylic acids is 1. The van der Waals surface area contributed by atoms with Crippen molar-refractivity contribution in [2.75, 3.05) is 12.9 Å². The van der Waals surface area contributed by atoms with Crippen LogP contribution in [0.1, 0.15) is 21.5 Å². The Morgan fingerprint density at radius 1 is 1.24 bits per heavy atom. The summed E-state index contributed by atoms with van der Waals surface area (Å²) in [6.07, 6.45) is 1.99. The van der Waals surface area contributed by atoms with Crippen molar-refractivity contribution in [2.45, 2.75) is 11.8 Å². The highest BCUT2D eigenvalue weighted by molar-refractivity contribution is 7.98. The Bertz CT molecular complexity index is 687. The van der Waals surface area contributed by atoms with Gasteiger partial charge in [0.25, 0.3) is 0 Å². The summed E-state index contributed by atoms with van der Waals surface area (Å²) in [5, 5.41) is 8.88. The van der Waals surface area contributed by atoms with Gasteiger partial charge in [-0.1, -0.05) is 18.2 Å². The van der Waals surface area contributed by atoms with E-state index in [1.165, 1.54) is 0 Å². The highest BCUT2D eigenvalue weighted by Crippen LogP contribution is 2.20. The van der Waals surface area contributed by atoms with Gasteiger partial charge in [-0.05, 0) is 43.0 Å². The number of rotatable bonds is 5. The summed E-state index contributed by atoms with van der Waals surface area (Å²) in [5.41, 5.74) is 2.05. The summed E-state index contributed by atoms with van der Waals surface area (Å²) in [4.78, 5) is 13.2. The van der Waals surface area contributed by atoms with E-state index in [4.69, 9.17) is 10.00 Å². The lowest BCUT2D eigenvalue weighted by Crippen LogP contribution is -2.12. The molecule has 21 heavy (non-hydrogen) atoms. The van der Waals surface area contributed by atoms with Crippen LogP contribution >= 0.6 is 11.8 Å². The molecule has 0 amide bonds. The molecule has 0 atom stereocenters. The number of hydrogen-bond donors (Lipinski definition) is 0. The number of benzene rings is 2. The van der Waals surface area contributed by atoms with E-state index in [9.17, 15) is 4.79 Å². The van der Waals surface area contributed by atoms with Crippen LogP contribution in [0.3, 0.4) is 0 Å². The fraction of sp³-hybridized carbons (Fsp3) is 0.176. The molecule has 0 radical (unpaired) electrons. The summed E-state index contributed by atoms with van der Waals surface area (Å²) >= 11 is 1.63. The maximum atomic E-state index is 12.1. The lowest BCUT2D eigenvalue weighted by atomic mass is 10.1. The molecule has 0 heterocycles. The number of aryl methyl sites for hydroxylation is 1. The molecule has 0 bridgehead atoms. The summed E-state index contributed by atoms with van der Waals surface area (Å²) in [6, 6.07) is 14.7. The van der Waals surface area contributed by atoms with Gasteiger partial charge < -0.3 is 4.74 Å². The molecule has 0 fully saturated rings. The Morgan fingerprint density at radius 3 is 2.57 bits per heavy atom. The van der Waals surface area contributed by atoms with Crippen molar-refractivity contribution in [3.63, 3.8) is 0 Å². The SMILES string of the molecule is CSc1ccc(C(=O)COc2cc(C#N)ccc2C)cc1. The largest absolute Gasteiger partial charge is 0.485 e. The Balaban J connectivity index is 2.05. The van der Waals surface area contributed by atoms with Crippen LogP contribution in [0.15, 0.2) is 47.4 Å². The maximum Gasteiger partial charge on any atom is 0.200 e. The lowest BCUT2D eigenvalue weighted by Gasteiger charge is -2.09. The van der Waals surface area contributed by atoms with Crippen molar-refractivity contribution in [3.05, 3.63) is 59.2 Å². The van der Waals surface area contributed by atoms with E-state index < -0.39 is 0 Å². The van der Waals surface area contributed by atoms with E-state index in [0.717, 1.165) is 10.5 Å². The minimum atomic E-state index is -0.0792. The van der Waals surface area contributed by atoms with Crippen LogP contribution in [0.25, 0.3) is 0 Å². The number of thioether (sulfide) groups is 1. The molecule has 2 rings (SSSR count). The number of Topliss-reactive ketones (excluding diaryl/α,β-unsaturated/α-hetero) is 1. The Morgan fingerprint density at radius 2 is 1.95 bits per heavy atom. The standard InChI is InChI=1S/C17H15NO2S/c1-12-3-4-13(10-18)9-17(12)20-11-16(19)14-5-7-15(21-2)8-6-14/h3-9H,11H2,1-2H3. The zero-order valence-electron chi connectivity index (χ0n) is 11.9. The van der Waals surface area contributed by atoms with Gasteiger partial charge >= 0.3 is 0 Å². The quantitative estimate of drug-likeness (QED) is 0.621. The van der Waals surface area contributed by atoms with Crippen molar-refractivity contribution >= 4 is 17.5 Å². The molecule has 2 aromatic carbocycles. The minimum absolute atomic E-state index is 0.0334. The second-order valence-electron chi connectivity index (χ2n) is 4.53. The molecular formula is C17H15NO2S. The fourth-order valence-electron chi connectivity index (χ4n) is 1.83. The zero-order valence-corrected chi connectivity index (χ0v) is 12.7. The predicted octanol–water partition coefficient (Wildman–Crippen LogP) is 3.85. The Hall–Kier alpha value is -2.25. The first-order chi connectivity index (χ1) is 10.1. The molecule has 0 N–H and O–H groups in total. The van der Waals surface area contributed by atoms with Crippen LogP contribution in [-0.4, -0.2) is 18.6 Å². The van der Waals surface area contributed by atoms with Crippen LogP contribution in [0.5, 0.6) is 5.75 Å². The molecule has 0 unspecified atom stereocenters. The average Bonchev–Trinajstić information content (AvgIpc) is 2.54. The fourth-order valence-corrected chi connectivity index (χ4v) is 2.24. The van der Waals surface area contributed by atoms with Crippen LogP contribution < -0.4 is 4.74 Å². The summed E-state index contributed by atoms with van der Waals surface area (Å²) < 4.78 is 5.55. The van der Waals surface area contributed by atoms with E-state index in [0.29, 0.717) is 16.9 Å². The van der Waals surface area contributed by atoms with Crippen molar-refractivity contribution in [2.24, 2.45) is 0 Å². The van der Waals surface area contributed by atoms with Gasteiger partial charge in [-0.15, -0.1) is 11.8 Å². The third-order valence-electron chi connectivity index (χ3n) is 3.09. The molecule has 4 heteroatoms. The molecule has 0 aliphatic carbocycles. The van der Waals surface area contributed by atoms with Crippen molar-refractivity contribution < 1.29 is 9.53 Å². The van der Waals surface area contributed by atoms with E-state index in [-0.39, 0.29) is 12.4 Å². The van der Waals surface area contributed by atoms with Gasteiger partial charge in [-0.2, -0.15) is 5.26 Å². The molecule has 106 valence electrons. The van der Waals surface area contributed by atoms with Crippen molar-refractivity contribution in [1.82, 2.24) is 0 Å². The molecule has 0 saturated carbocycles. The molecular weight excluding hydrogens is 282 g/mol. The molecule has 3 nitrogen and oxygen atoms in total.